The lowest BCUT2D eigenvalue weighted by atomic mass is 10.1. The van der Waals surface area contributed by atoms with Crippen LogP contribution in [0.3, 0.4) is 0 Å². The molecule has 3 rings (SSSR count). The molecule has 6 nitrogen and oxygen atoms in total. The summed E-state index contributed by atoms with van der Waals surface area (Å²) >= 11 is 6.44. The van der Waals surface area contributed by atoms with Crippen LogP contribution in [0.15, 0.2) is 47.4 Å². The van der Waals surface area contributed by atoms with Crippen molar-refractivity contribution in [2.75, 3.05) is 14.2 Å². The van der Waals surface area contributed by atoms with E-state index in [4.69, 9.17) is 26.4 Å². The molecule has 0 aliphatic carbocycles. The summed E-state index contributed by atoms with van der Waals surface area (Å²) in [4.78, 5) is 26.3. The van der Waals surface area contributed by atoms with Crippen molar-refractivity contribution in [2.45, 2.75) is 26.5 Å². The number of rotatable bonds is 7. The van der Waals surface area contributed by atoms with Gasteiger partial charge < -0.3 is 14.2 Å². The van der Waals surface area contributed by atoms with Gasteiger partial charge in [0.1, 0.15) is 17.0 Å². The third-order valence-corrected chi connectivity index (χ3v) is 6.21. The maximum absolute atomic E-state index is 12.8. The first-order valence-corrected chi connectivity index (χ1v) is 10.8. The molecule has 1 amide bonds. The van der Waals surface area contributed by atoms with Crippen molar-refractivity contribution in [2.24, 2.45) is 0 Å². The van der Waals surface area contributed by atoms with E-state index in [0.29, 0.717) is 27.3 Å². The molecule has 0 bridgehead atoms. The first-order chi connectivity index (χ1) is 14.8. The lowest BCUT2D eigenvalue weighted by Gasteiger charge is -2.20. The summed E-state index contributed by atoms with van der Waals surface area (Å²) in [7, 11) is 2.85. The predicted molar refractivity (Wildman–Crippen MR) is 125 cm³/mol. The number of hydrogen-bond acceptors (Lipinski definition) is 7. The topological polar surface area (TPSA) is 65.1 Å². The highest BCUT2D eigenvalue weighted by atomic mass is 32.2. The number of thioether (sulfide) groups is 1. The molecule has 0 N–H and O–H groups in total. The highest BCUT2D eigenvalue weighted by Gasteiger charge is 2.38. The average Bonchev–Trinajstić information content (AvgIpc) is 3.05. The summed E-state index contributed by atoms with van der Waals surface area (Å²) in [5.74, 6) is 0.316. The van der Waals surface area contributed by atoms with Crippen molar-refractivity contribution in [3.8, 4) is 11.5 Å². The Bertz CT molecular complexity index is 1050. The van der Waals surface area contributed by atoms with Crippen molar-refractivity contribution in [3.05, 3.63) is 64.1 Å². The Labute approximate surface area is 191 Å². The first kappa shape index (κ1) is 22.8. The van der Waals surface area contributed by atoms with Gasteiger partial charge in [-0.3, -0.25) is 9.69 Å². The van der Waals surface area contributed by atoms with Crippen LogP contribution < -0.4 is 9.47 Å². The molecule has 1 unspecified atom stereocenters. The van der Waals surface area contributed by atoms with E-state index in [9.17, 15) is 9.59 Å². The van der Waals surface area contributed by atoms with Crippen LogP contribution in [0.2, 0.25) is 0 Å². The van der Waals surface area contributed by atoms with Gasteiger partial charge in [0.15, 0.2) is 11.5 Å². The highest BCUT2D eigenvalue weighted by molar-refractivity contribution is 8.26. The van der Waals surface area contributed by atoms with Gasteiger partial charge in [-0.15, -0.1) is 0 Å². The van der Waals surface area contributed by atoms with E-state index in [1.54, 1.807) is 32.2 Å². The molecule has 1 aliphatic heterocycles. The van der Waals surface area contributed by atoms with E-state index in [2.05, 4.69) is 0 Å². The smallest absolute Gasteiger partial charge is 0.328 e. The van der Waals surface area contributed by atoms with Gasteiger partial charge >= 0.3 is 5.97 Å². The monoisotopic (exact) mass is 457 g/mol. The van der Waals surface area contributed by atoms with Crippen molar-refractivity contribution in [3.63, 3.8) is 0 Å². The summed E-state index contributed by atoms with van der Waals surface area (Å²) in [6.07, 6.45) is 1.72. The molecule has 1 fully saturated rings. The summed E-state index contributed by atoms with van der Waals surface area (Å²) in [5, 5.41) is 0. The zero-order chi connectivity index (χ0) is 22.5. The quantitative estimate of drug-likeness (QED) is 0.348. The summed E-state index contributed by atoms with van der Waals surface area (Å²) in [5.41, 5.74) is 3.00. The van der Waals surface area contributed by atoms with Crippen LogP contribution in [0.4, 0.5) is 0 Å². The van der Waals surface area contributed by atoms with Crippen molar-refractivity contribution < 1.29 is 23.8 Å². The Morgan fingerprint density at radius 1 is 1.19 bits per heavy atom. The van der Waals surface area contributed by atoms with Crippen molar-refractivity contribution in [1.82, 2.24) is 4.90 Å². The van der Waals surface area contributed by atoms with Gasteiger partial charge in [0.2, 0.25) is 0 Å². The Morgan fingerprint density at radius 2 is 1.94 bits per heavy atom. The molecule has 0 radical (unpaired) electrons. The van der Waals surface area contributed by atoms with Crippen LogP contribution in [-0.2, 0) is 20.9 Å². The molecule has 162 valence electrons. The van der Waals surface area contributed by atoms with E-state index in [0.717, 1.165) is 28.5 Å². The minimum atomic E-state index is -0.782. The van der Waals surface area contributed by atoms with Crippen LogP contribution >= 0.6 is 24.0 Å². The number of amides is 1. The highest BCUT2D eigenvalue weighted by Crippen LogP contribution is 2.36. The summed E-state index contributed by atoms with van der Waals surface area (Å²) < 4.78 is 16.5. The number of benzene rings is 2. The zero-order valence-electron chi connectivity index (χ0n) is 17.7. The number of aryl methyl sites for hydroxylation is 1. The molecular formula is C23H23NO5S2. The fourth-order valence-electron chi connectivity index (χ4n) is 3.06. The van der Waals surface area contributed by atoms with Crippen LogP contribution in [0.1, 0.15) is 23.6 Å². The number of nitrogens with zero attached hydrogens (tertiary/aromatic N) is 1. The lowest BCUT2D eigenvalue weighted by Crippen LogP contribution is -2.42. The molecule has 1 heterocycles. The van der Waals surface area contributed by atoms with Crippen LogP contribution in [0.5, 0.6) is 11.5 Å². The molecule has 2 aromatic rings. The molecule has 1 saturated heterocycles. The maximum atomic E-state index is 12.8. The van der Waals surface area contributed by atoms with E-state index < -0.39 is 12.0 Å². The molecule has 2 aromatic carbocycles. The van der Waals surface area contributed by atoms with Crippen molar-refractivity contribution in [1.29, 1.82) is 0 Å². The fraction of sp³-hybridized carbons (Fsp3) is 0.261. The van der Waals surface area contributed by atoms with Crippen molar-refractivity contribution >= 4 is 46.3 Å². The van der Waals surface area contributed by atoms with E-state index in [1.165, 1.54) is 12.0 Å². The Morgan fingerprint density at radius 3 is 2.61 bits per heavy atom. The Hall–Kier alpha value is -2.84. The number of carbonyl (C=O) groups excluding carboxylic acids is 2. The van der Waals surface area contributed by atoms with E-state index in [1.807, 2.05) is 37.3 Å². The second kappa shape index (κ2) is 9.98. The van der Waals surface area contributed by atoms with Crippen LogP contribution in [-0.4, -0.2) is 41.4 Å². The number of thiocarbonyl (C=S) groups is 1. The van der Waals surface area contributed by atoms with Crippen LogP contribution in [0, 0.1) is 6.92 Å². The molecule has 0 saturated carbocycles. The summed E-state index contributed by atoms with van der Waals surface area (Å²) in [6, 6.07) is 12.7. The van der Waals surface area contributed by atoms with Gasteiger partial charge in [-0.25, -0.2) is 4.79 Å². The normalized spacial score (nSPS) is 15.9. The molecule has 1 atom stereocenters. The SMILES string of the molecule is COC(=O)C(C)N1C(=O)/C(=C/c2ccc(OCc3ccccc3C)c(OC)c2)SC1=S. The van der Waals surface area contributed by atoms with Gasteiger partial charge in [-0.2, -0.15) is 0 Å². The van der Waals surface area contributed by atoms with Gasteiger partial charge in [-0.1, -0.05) is 54.3 Å². The van der Waals surface area contributed by atoms with Gasteiger partial charge in [-0.05, 0) is 48.7 Å². The first-order valence-electron chi connectivity index (χ1n) is 9.56. The number of hydrogen-bond donors (Lipinski definition) is 0. The second-order valence-corrected chi connectivity index (χ2v) is 8.55. The van der Waals surface area contributed by atoms with Gasteiger partial charge in [0.25, 0.3) is 5.91 Å². The molecule has 1 aliphatic rings. The van der Waals surface area contributed by atoms with Crippen LogP contribution in [0.25, 0.3) is 6.08 Å². The van der Waals surface area contributed by atoms with E-state index >= 15 is 0 Å². The largest absolute Gasteiger partial charge is 0.493 e. The maximum Gasteiger partial charge on any atom is 0.328 e. The predicted octanol–water partition coefficient (Wildman–Crippen LogP) is 4.35. The Kier molecular flexibility index (Phi) is 7.35. The van der Waals surface area contributed by atoms with Gasteiger partial charge in [0.05, 0.1) is 19.1 Å². The second-order valence-electron chi connectivity index (χ2n) is 6.88. The standard InChI is InChI=1S/C23H23NO5S2/c1-14-7-5-6-8-17(14)13-29-18-10-9-16(11-19(18)27-3)12-20-21(25)24(23(30)31-20)15(2)22(26)28-4/h5-12,15H,13H2,1-4H3/b20-12-. The third kappa shape index (κ3) is 5.08. The average molecular weight is 458 g/mol. The number of ether oxygens (including phenoxy) is 3. The molecule has 0 aromatic heterocycles. The minimum Gasteiger partial charge on any atom is -0.493 e. The lowest BCUT2D eigenvalue weighted by molar-refractivity contribution is -0.147. The molecular weight excluding hydrogens is 434 g/mol. The summed E-state index contributed by atoms with van der Waals surface area (Å²) in [6.45, 7) is 4.05. The number of esters is 1. The molecule has 0 spiro atoms. The molecule has 31 heavy (non-hydrogen) atoms. The van der Waals surface area contributed by atoms with Gasteiger partial charge in [0, 0.05) is 0 Å². The number of carbonyl (C=O) groups is 2. The zero-order valence-corrected chi connectivity index (χ0v) is 19.3. The minimum absolute atomic E-state index is 0.319. The molecule has 8 heteroatoms. The third-order valence-electron chi connectivity index (χ3n) is 4.88. The number of methoxy groups -OCH3 is 2. The Balaban J connectivity index is 1.78. The fourth-order valence-corrected chi connectivity index (χ4v) is 4.48. The van der Waals surface area contributed by atoms with E-state index in [-0.39, 0.29) is 5.91 Å².